The predicted molar refractivity (Wildman–Crippen MR) is 52.4 cm³/mol. The fourth-order valence-electron chi connectivity index (χ4n) is 0.808. The Kier molecular flexibility index (Phi) is 10.9. The van der Waals surface area contributed by atoms with Crippen molar-refractivity contribution in [2.24, 2.45) is 0 Å². The van der Waals surface area contributed by atoms with Gasteiger partial charge in [-0.15, -0.1) is 0 Å². The van der Waals surface area contributed by atoms with Gasteiger partial charge in [-0.3, -0.25) is 0 Å². The van der Waals surface area contributed by atoms with Crippen LogP contribution in [0.2, 0.25) is 0 Å². The number of unbranched alkanes of at least 4 members (excludes halogenated alkanes) is 1. The topological polar surface area (TPSA) is 33.3 Å². The van der Waals surface area contributed by atoms with Gasteiger partial charge < -0.3 is 0 Å². The molecule has 0 saturated carbocycles. The van der Waals surface area contributed by atoms with Gasteiger partial charge in [-0.1, -0.05) is 0 Å². The standard InChI is InChI=1S/C9H20N2O.W/c1-3-5-7-12-8-6-11-9-10-4-2;/h10-11H,3-8H2,1-2H3;. The monoisotopic (exact) mass is 356 g/mol. The first-order valence-corrected chi connectivity index (χ1v) is 6.37. The van der Waals surface area contributed by atoms with Crippen LogP contribution in [0.1, 0.15) is 26.7 Å². The van der Waals surface area contributed by atoms with Crippen LogP contribution in [0, 0.1) is 0 Å². The number of rotatable bonds is 9. The van der Waals surface area contributed by atoms with E-state index >= 15 is 0 Å². The molecule has 0 heterocycles. The summed E-state index contributed by atoms with van der Waals surface area (Å²) in [6, 6.07) is 0. The van der Waals surface area contributed by atoms with Gasteiger partial charge in [0.05, 0.1) is 0 Å². The van der Waals surface area contributed by atoms with E-state index in [1.165, 1.54) is 36.3 Å². The van der Waals surface area contributed by atoms with E-state index in [4.69, 9.17) is 4.74 Å². The summed E-state index contributed by atoms with van der Waals surface area (Å²) < 4.78 is 6.62. The van der Waals surface area contributed by atoms with Crippen molar-refractivity contribution in [2.75, 3.05) is 26.3 Å². The summed E-state index contributed by atoms with van der Waals surface area (Å²) in [6.45, 7) is 7.88. The molecule has 0 aliphatic carbocycles. The Balaban J connectivity index is 3.02. The maximum atomic E-state index is 5.41. The molecule has 13 heavy (non-hydrogen) atoms. The third-order valence-electron chi connectivity index (χ3n) is 1.51. The number of ether oxygens (including phenoxy) is 1. The summed E-state index contributed by atoms with van der Waals surface area (Å²) in [5.74, 6) is 0. The molecule has 3 nitrogen and oxygen atoms in total. The molecule has 0 bridgehead atoms. The zero-order chi connectivity index (χ0) is 9.94. The van der Waals surface area contributed by atoms with Crippen molar-refractivity contribution in [2.45, 2.75) is 26.7 Å². The molecule has 4 heteroatoms. The van der Waals surface area contributed by atoms with Crippen LogP contribution in [-0.2, 0) is 24.1 Å². The van der Waals surface area contributed by atoms with Crippen molar-refractivity contribution in [3.8, 4) is 0 Å². The minimum atomic E-state index is 0.808. The zero-order valence-corrected chi connectivity index (χ0v) is 11.5. The quantitative estimate of drug-likeness (QED) is 0.595. The molecular formula is C9H20N2OW. The normalized spacial score (nSPS) is 10.3. The van der Waals surface area contributed by atoms with Crippen molar-refractivity contribution < 1.29 is 24.1 Å². The molecular weight excluding hydrogens is 336 g/mol. The summed E-state index contributed by atoms with van der Waals surface area (Å²) in [6.07, 6.45) is 2.38. The minimum absolute atomic E-state index is 0.808. The molecule has 0 aliphatic rings. The molecule has 78 valence electrons. The van der Waals surface area contributed by atoms with Crippen molar-refractivity contribution in [1.82, 2.24) is 10.6 Å². The number of nitrogens with one attached hydrogen (secondary N) is 2. The van der Waals surface area contributed by atoms with Crippen LogP contribution >= 0.6 is 0 Å². The van der Waals surface area contributed by atoms with Crippen molar-refractivity contribution in [3.05, 3.63) is 0 Å². The van der Waals surface area contributed by atoms with Gasteiger partial charge in [0, 0.05) is 0 Å². The maximum absolute atomic E-state index is 5.41. The van der Waals surface area contributed by atoms with Crippen molar-refractivity contribution in [1.29, 1.82) is 0 Å². The third kappa shape index (κ3) is 10.4. The van der Waals surface area contributed by atoms with Crippen molar-refractivity contribution in [3.63, 3.8) is 0 Å². The van der Waals surface area contributed by atoms with Gasteiger partial charge in [0.1, 0.15) is 0 Å². The molecule has 0 fully saturated rings. The van der Waals surface area contributed by atoms with E-state index in [9.17, 15) is 0 Å². The second-order valence-corrected chi connectivity index (χ2v) is 4.22. The predicted octanol–water partition coefficient (Wildman–Crippen LogP) is 0.636. The Labute approximate surface area is 92.0 Å². The average molecular weight is 356 g/mol. The Morgan fingerprint density at radius 3 is 2.62 bits per heavy atom. The van der Waals surface area contributed by atoms with Gasteiger partial charge in [-0.2, -0.15) is 0 Å². The van der Waals surface area contributed by atoms with Crippen molar-refractivity contribution >= 4 is 4.15 Å². The van der Waals surface area contributed by atoms with E-state index in [1.807, 2.05) is 0 Å². The second-order valence-electron chi connectivity index (χ2n) is 2.75. The van der Waals surface area contributed by atoms with E-state index in [2.05, 4.69) is 24.5 Å². The molecule has 0 aliphatic heterocycles. The molecule has 0 amide bonds. The molecule has 0 rings (SSSR count). The zero-order valence-electron chi connectivity index (χ0n) is 8.56. The van der Waals surface area contributed by atoms with Crippen LogP contribution < -0.4 is 10.6 Å². The molecule has 2 N–H and O–H groups in total. The van der Waals surface area contributed by atoms with Crippen LogP contribution in [0.3, 0.4) is 0 Å². The molecule has 0 aromatic heterocycles. The summed E-state index contributed by atoms with van der Waals surface area (Å²) in [7, 11) is 0. The van der Waals surface area contributed by atoms with Gasteiger partial charge in [-0.05, 0) is 0 Å². The van der Waals surface area contributed by atoms with E-state index in [0.29, 0.717) is 0 Å². The Hall–Kier alpha value is 0.438. The summed E-state index contributed by atoms with van der Waals surface area (Å²) >= 11 is 1.45. The molecule has 0 spiro atoms. The van der Waals surface area contributed by atoms with Gasteiger partial charge in [-0.25, -0.2) is 0 Å². The number of hydrogen-bond donors (Lipinski definition) is 2. The first-order chi connectivity index (χ1) is 6.31. The van der Waals surface area contributed by atoms with Crippen LogP contribution in [0.4, 0.5) is 0 Å². The van der Waals surface area contributed by atoms with Crippen LogP contribution in [0.25, 0.3) is 0 Å². The Bertz CT molecular complexity index is 131. The third-order valence-corrected chi connectivity index (χ3v) is 2.55. The molecule has 0 saturated heterocycles. The molecule has 0 unspecified atom stereocenters. The summed E-state index contributed by atoms with van der Waals surface area (Å²) in [5.41, 5.74) is 0. The van der Waals surface area contributed by atoms with E-state index < -0.39 is 0 Å². The molecule has 0 radical (unpaired) electrons. The SMILES string of the molecule is CCCCOCCN[C](=[W])NCC. The fourth-order valence-corrected chi connectivity index (χ4v) is 1.69. The Morgan fingerprint density at radius 1 is 1.23 bits per heavy atom. The van der Waals surface area contributed by atoms with Gasteiger partial charge in [0.25, 0.3) is 0 Å². The average Bonchev–Trinajstić information content (AvgIpc) is 2.11. The van der Waals surface area contributed by atoms with Crippen LogP contribution in [0.5, 0.6) is 0 Å². The summed E-state index contributed by atoms with van der Waals surface area (Å²) in [4.78, 5) is 0. The van der Waals surface area contributed by atoms with Crippen LogP contribution in [0.15, 0.2) is 0 Å². The van der Waals surface area contributed by atoms with E-state index in [1.54, 1.807) is 0 Å². The van der Waals surface area contributed by atoms with Crippen LogP contribution in [-0.4, -0.2) is 30.4 Å². The second kappa shape index (κ2) is 10.5. The van der Waals surface area contributed by atoms with Gasteiger partial charge in [0.2, 0.25) is 0 Å². The molecule has 0 aromatic carbocycles. The molecule has 0 aromatic rings. The number of hydrogen-bond acceptors (Lipinski definition) is 3. The first kappa shape index (κ1) is 13.4. The molecule has 0 atom stereocenters. The van der Waals surface area contributed by atoms with E-state index in [0.717, 1.165) is 26.3 Å². The Morgan fingerprint density at radius 2 is 2.00 bits per heavy atom. The van der Waals surface area contributed by atoms with Gasteiger partial charge >= 0.3 is 91.9 Å². The first-order valence-electron chi connectivity index (χ1n) is 4.90. The van der Waals surface area contributed by atoms with E-state index in [-0.39, 0.29) is 0 Å². The summed E-state index contributed by atoms with van der Waals surface area (Å²) in [5, 5.41) is 6.51. The van der Waals surface area contributed by atoms with Gasteiger partial charge in [0.15, 0.2) is 0 Å². The fraction of sp³-hybridized carbons (Fsp3) is 0.889.